The molecule has 0 spiro atoms. The molecule has 1 aromatic carbocycles. The van der Waals surface area contributed by atoms with Gasteiger partial charge in [-0.05, 0) is 24.4 Å². The van der Waals surface area contributed by atoms with Crippen molar-refractivity contribution in [3.05, 3.63) is 52.7 Å². The van der Waals surface area contributed by atoms with Crippen molar-refractivity contribution in [2.24, 2.45) is 0 Å². The lowest BCUT2D eigenvalue weighted by atomic mass is 10.0. The molecule has 0 bridgehead atoms. The average Bonchev–Trinajstić information content (AvgIpc) is 3.43. The number of aryl methyl sites for hydroxylation is 1. The molecule has 8 nitrogen and oxygen atoms in total. The molecule has 1 N–H and O–H groups in total. The number of amides is 2. The third-order valence-corrected chi connectivity index (χ3v) is 6.48. The number of ether oxygens (including phenoxy) is 2. The van der Waals surface area contributed by atoms with E-state index in [9.17, 15) is 9.59 Å². The Morgan fingerprint density at radius 1 is 1.32 bits per heavy atom. The molecular weight excluding hydrogens is 416 g/mol. The number of hydrogen-bond donors (Lipinski definition) is 1. The van der Waals surface area contributed by atoms with Gasteiger partial charge < -0.3 is 19.7 Å². The first-order valence-electron chi connectivity index (χ1n) is 10.3. The van der Waals surface area contributed by atoms with Crippen molar-refractivity contribution in [1.29, 1.82) is 0 Å². The van der Waals surface area contributed by atoms with Crippen LogP contribution in [-0.4, -0.2) is 66.5 Å². The topological polar surface area (TPSA) is 85.7 Å². The van der Waals surface area contributed by atoms with Crippen LogP contribution in [0.3, 0.4) is 0 Å². The SMILES string of the molecule is CCn1ccc(C(=O)N2CCO[C@@H](c3c(C(=O)NCCOC)sc4ccccc34)C2)n1. The van der Waals surface area contributed by atoms with Gasteiger partial charge in [-0.1, -0.05) is 18.2 Å². The number of thiophene rings is 1. The maximum atomic E-state index is 13.0. The highest BCUT2D eigenvalue weighted by Crippen LogP contribution is 2.38. The Hall–Kier alpha value is -2.75. The third-order valence-electron chi connectivity index (χ3n) is 5.29. The maximum absolute atomic E-state index is 13.0. The average molecular weight is 443 g/mol. The van der Waals surface area contributed by atoms with E-state index < -0.39 is 0 Å². The second-order valence-electron chi connectivity index (χ2n) is 7.26. The van der Waals surface area contributed by atoms with Gasteiger partial charge in [-0.2, -0.15) is 5.10 Å². The summed E-state index contributed by atoms with van der Waals surface area (Å²) in [4.78, 5) is 28.3. The zero-order valence-corrected chi connectivity index (χ0v) is 18.5. The van der Waals surface area contributed by atoms with E-state index in [1.54, 1.807) is 29.0 Å². The van der Waals surface area contributed by atoms with Crippen LogP contribution in [0, 0.1) is 0 Å². The minimum absolute atomic E-state index is 0.119. The van der Waals surface area contributed by atoms with Crippen LogP contribution >= 0.6 is 11.3 Å². The fourth-order valence-electron chi connectivity index (χ4n) is 3.72. The quantitative estimate of drug-likeness (QED) is 0.569. The molecule has 1 saturated heterocycles. The fraction of sp³-hybridized carbons (Fsp3) is 0.409. The van der Waals surface area contributed by atoms with E-state index in [-0.39, 0.29) is 17.9 Å². The molecule has 2 amide bonds. The first-order chi connectivity index (χ1) is 15.1. The van der Waals surface area contributed by atoms with E-state index in [4.69, 9.17) is 9.47 Å². The summed E-state index contributed by atoms with van der Waals surface area (Å²) in [5, 5.41) is 8.23. The summed E-state index contributed by atoms with van der Waals surface area (Å²) in [5.74, 6) is -0.270. The van der Waals surface area contributed by atoms with Crippen LogP contribution in [0.4, 0.5) is 0 Å². The standard InChI is InChI=1S/C22H26N4O4S/c1-3-26-10-8-16(24-26)22(28)25-11-13-30-17(14-25)19-15-6-4-5-7-18(15)31-20(19)21(27)23-9-12-29-2/h4-8,10,17H,3,9,11-14H2,1-2H3,(H,23,27)/t17-/m1/s1. The van der Waals surface area contributed by atoms with Gasteiger partial charge in [0.25, 0.3) is 11.8 Å². The first-order valence-corrected chi connectivity index (χ1v) is 11.2. The van der Waals surface area contributed by atoms with Gasteiger partial charge in [0.15, 0.2) is 0 Å². The number of methoxy groups -OCH3 is 1. The number of nitrogens with one attached hydrogen (secondary N) is 1. The Balaban J connectivity index is 1.61. The third kappa shape index (κ3) is 4.48. The van der Waals surface area contributed by atoms with Crippen molar-refractivity contribution in [3.63, 3.8) is 0 Å². The number of hydrogen-bond acceptors (Lipinski definition) is 6. The zero-order chi connectivity index (χ0) is 21.8. The molecule has 3 heterocycles. The molecule has 164 valence electrons. The van der Waals surface area contributed by atoms with E-state index in [0.717, 1.165) is 15.6 Å². The molecule has 1 aliphatic heterocycles. The van der Waals surface area contributed by atoms with Crippen LogP contribution in [-0.2, 0) is 16.0 Å². The van der Waals surface area contributed by atoms with Gasteiger partial charge in [0.1, 0.15) is 11.8 Å². The van der Waals surface area contributed by atoms with Gasteiger partial charge in [0, 0.05) is 43.2 Å². The molecule has 0 saturated carbocycles. The van der Waals surface area contributed by atoms with E-state index >= 15 is 0 Å². The Morgan fingerprint density at radius 3 is 2.94 bits per heavy atom. The predicted molar refractivity (Wildman–Crippen MR) is 119 cm³/mol. The van der Waals surface area contributed by atoms with Crippen molar-refractivity contribution in [2.45, 2.75) is 19.6 Å². The van der Waals surface area contributed by atoms with Crippen molar-refractivity contribution in [2.75, 3.05) is 40.0 Å². The molecule has 31 heavy (non-hydrogen) atoms. The smallest absolute Gasteiger partial charge is 0.274 e. The number of aromatic nitrogens is 2. The molecule has 1 fully saturated rings. The molecular formula is C22H26N4O4S. The molecule has 1 atom stereocenters. The Labute approximate surface area is 184 Å². The maximum Gasteiger partial charge on any atom is 0.274 e. The molecule has 3 aromatic rings. The molecule has 1 aliphatic rings. The predicted octanol–water partition coefficient (Wildman–Crippen LogP) is 2.71. The number of carbonyl (C=O) groups is 2. The summed E-state index contributed by atoms with van der Waals surface area (Å²) in [6.07, 6.45) is 1.42. The highest BCUT2D eigenvalue weighted by atomic mass is 32.1. The minimum atomic E-state index is -0.384. The summed E-state index contributed by atoms with van der Waals surface area (Å²) < 4.78 is 13.9. The summed E-state index contributed by atoms with van der Waals surface area (Å²) >= 11 is 1.44. The van der Waals surface area contributed by atoms with Crippen LogP contribution in [0.5, 0.6) is 0 Å². The van der Waals surface area contributed by atoms with Crippen LogP contribution in [0.1, 0.15) is 38.8 Å². The largest absolute Gasteiger partial charge is 0.383 e. The lowest BCUT2D eigenvalue weighted by Crippen LogP contribution is -2.42. The molecule has 0 unspecified atom stereocenters. The molecule has 0 aliphatic carbocycles. The van der Waals surface area contributed by atoms with Crippen molar-refractivity contribution in [3.8, 4) is 0 Å². The second-order valence-corrected chi connectivity index (χ2v) is 8.31. The molecule has 4 rings (SSSR count). The van der Waals surface area contributed by atoms with E-state index in [0.29, 0.717) is 50.0 Å². The van der Waals surface area contributed by atoms with E-state index in [2.05, 4.69) is 10.4 Å². The van der Waals surface area contributed by atoms with Crippen molar-refractivity contribution < 1.29 is 19.1 Å². The Morgan fingerprint density at radius 2 is 2.16 bits per heavy atom. The Bertz CT molecular complexity index is 1080. The number of nitrogens with zero attached hydrogens (tertiary/aromatic N) is 3. The lowest BCUT2D eigenvalue weighted by molar-refractivity contribution is -0.0224. The summed E-state index contributed by atoms with van der Waals surface area (Å²) in [5.41, 5.74) is 1.27. The Kier molecular flexibility index (Phi) is 6.64. The normalized spacial score (nSPS) is 16.6. The number of carbonyl (C=O) groups excluding carboxylic acids is 2. The summed E-state index contributed by atoms with van der Waals surface area (Å²) in [6.45, 7) is 4.83. The lowest BCUT2D eigenvalue weighted by Gasteiger charge is -2.33. The molecule has 2 aromatic heterocycles. The van der Waals surface area contributed by atoms with E-state index in [1.807, 2.05) is 31.2 Å². The summed E-state index contributed by atoms with van der Waals surface area (Å²) in [7, 11) is 1.60. The monoisotopic (exact) mass is 442 g/mol. The van der Waals surface area contributed by atoms with Crippen LogP contribution in [0.25, 0.3) is 10.1 Å². The first kappa shape index (κ1) is 21.5. The van der Waals surface area contributed by atoms with Crippen molar-refractivity contribution in [1.82, 2.24) is 20.0 Å². The van der Waals surface area contributed by atoms with Crippen molar-refractivity contribution >= 4 is 33.2 Å². The molecule has 9 heteroatoms. The van der Waals surface area contributed by atoms with Gasteiger partial charge in [-0.3, -0.25) is 14.3 Å². The van der Waals surface area contributed by atoms with Gasteiger partial charge in [0.2, 0.25) is 0 Å². The van der Waals surface area contributed by atoms with E-state index in [1.165, 1.54) is 11.3 Å². The van der Waals surface area contributed by atoms with Gasteiger partial charge in [0.05, 0.1) is 24.6 Å². The fourth-order valence-corrected chi connectivity index (χ4v) is 4.89. The number of morpholine rings is 1. The van der Waals surface area contributed by atoms with Crippen LogP contribution < -0.4 is 5.32 Å². The number of fused-ring (bicyclic) bond motifs is 1. The highest BCUT2D eigenvalue weighted by Gasteiger charge is 2.32. The summed E-state index contributed by atoms with van der Waals surface area (Å²) in [6, 6.07) is 9.65. The minimum Gasteiger partial charge on any atom is -0.383 e. The van der Waals surface area contributed by atoms with Gasteiger partial charge in [-0.15, -0.1) is 11.3 Å². The molecule has 0 radical (unpaired) electrons. The number of rotatable bonds is 7. The van der Waals surface area contributed by atoms with Crippen LogP contribution in [0.2, 0.25) is 0 Å². The van der Waals surface area contributed by atoms with Gasteiger partial charge >= 0.3 is 0 Å². The van der Waals surface area contributed by atoms with Gasteiger partial charge in [-0.25, -0.2) is 0 Å². The number of benzene rings is 1. The highest BCUT2D eigenvalue weighted by molar-refractivity contribution is 7.21. The second kappa shape index (κ2) is 9.59. The zero-order valence-electron chi connectivity index (χ0n) is 17.7. The van der Waals surface area contributed by atoms with Crippen LogP contribution in [0.15, 0.2) is 36.5 Å².